The highest BCUT2D eigenvalue weighted by Crippen LogP contribution is 2.09. The van der Waals surface area contributed by atoms with Crippen LogP contribution < -0.4 is 0 Å². The summed E-state index contributed by atoms with van der Waals surface area (Å²) in [7, 11) is 0. The smallest absolute Gasteiger partial charge is 0.0348 e. The third kappa shape index (κ3) is 5.17. The van der Waals surface area contributed by atoms with E-state index in [0.29, 0.717) is 0 Å². The summed E-state index contributed by atoms with van der Waals surface area (Å²) in [6, 6.07) is 0. The minimum atomic E-state index is 1.24. The van der Waals surface area contributed by atoms with E-state index in [-0.39, 0.29) is 0 Å². The van der Waals surface area contributed by atoms with Gasteiger partial charge in [-0.2, -0.15) is 0 Å². The predicted molar refractivity (Wildman–Crippen MR) is 54.9 cm³/mol. The lowest BCUT2D eigenvalue weighted by molar-refractivity contribution is 0.696. The van der Waals surface area contributed by atoms with E-state index in [4.69, 9.17) is 0 Å². The van der Waals surface area contributed by atoms with Crippen molar-refractivity contribution in [3.8, 4) is 0 Å². The highest BCUT2D eigenvalue weighted by molar-refractivity contribution is 5.02. The monoisotopic (exact) mass is 163 g/mol. The topological polar surface area (TPSA) is 0 Å². The highest BCUT2D eigenvalue weighted by Gasteiger charge is 1.90. The Balaban J connectivity index is 2.21. The number of rotatable bonds is 0. The summed E-state index contributed by atoms with van der Waals surface area (Å²) in [6.45, 7) is 0. The molecule has 0 heteroatoms. The molecule has 0 heterocycles. The largest absolute Gasteiger partial charge is 0.0845 e. The Hall–Kier alpha value is -0.520. The van der Waals surface area contributed by atoms with Crippen LogP contribution in [0.2, 0.25) is 0 Å². The Bertz CT molecular complexity index is 124. The molecule has 0 fully saturated rings. The lowest BCUT2D eigenvalue weighted by Gasteiger charge is -1.99. The molecule has 67 valence electrons. The predicted octanol–water partition coefficient (Wildman–Crippen LogP) is 4.05. The van der Waals surface area contributed by atoms with E-state index in [1.54, 1.807) is 0 Å². The van der Waals surface area contributed by atoms with Gasteiger partial charge in [0.2, 0.25) is 0 Å². The average molecular weight is 163 g/mol. The van der Waals surface area contributed by atoms with Crippen LogP contribution in [0.4, 0.5) is 0 Å². The first-order chi connectivity index (χ1) is 6.00. The molecule has 0 spiro atoms. The van der Waals surface area contributed by atoms with Crippen molar-refractivity contribution in [3.05, 3.63) is 30.7 Å². The van der Waals surface area contributed by atoms with E-state index in [9.17, 15) is 0 Å². The first-order valence-electron chi connectivity index (χ1n) is 5.13. The van der Waals surface area contributed by atoms with Crippen molar-refractivity contribution in [2.24, 2.45) is 0 Å². The summed E-state index contributed by atoms with van der Waals surface area (Å²) >= 11 is 0. The third-order valence-corrected chi connectivity index (χ3v) is 2.19. The normalized spacial score (nSPS) is 26.7. The van der Waals surface area contributed by atoms with Gasteiger partial charge in [-0.05, 0) is 38.5 Å². The van der Waals surface area contributed by atoms with Gasteiger partial charge in [0.05, 0.1) is 0 Å². The molecule has 0 N–H and O–H groups in total. The first kappa shape index (κ1) is 9.57. The lowest BCUT2D eigenvalue weighted by atomic mass is 10.1. The number of hydrogen-bond acceptors (Lipinski definition) is 0. The molecule has 1 radical (unpaired) electrons. The van der Waals surface area contributed by atoms with Gasteiger partial charge >= 0.3 is 0 Å². The van der Waals surface area contributed by atoms with Crippen molar-refractivity contribution in [3.63, 3.8) is 0 Å². The molecule has 0 bridgehead atoms. The van der Waals surface area contributed by atoms with Crippen LogP contribution in [0.25, 0.3) is 0 Å². The van der Waals surface area contributed by atoms with Gasteiger partial charge in [0, 0.05) is 0 Å². The Labute approximate surface area is 76.4 Å². The third-order valence-electron chi connectivity index (χ3n) is 2.19. The highest BCUT2D eigenvalue weighted by atomic mass is 14.0. The summed E-state index contributed by atoms with van der Waals surface area (Å²) in [5.41, 5.74) is 0. The standard InChI is InChI=1S/C12H19/c1-2-4-6-8-10-12-11-9-7-5-3-1/h1-4,11H,5-10,12H2/b3-1+,4-2-. The second-order valence-electron chi connectivity index (χ2n) is 3.36. The Kier molecular flexibility index (Phi) is 5.70. The van der Waals surface area contributed by atoms with Crippen molar-refractivity contribution < 1.29 is 0 Å². The maximum absolute atomic E-state index is 2.44. The minimum Gasteiger partial charge on any atom is -0.0845 e. The molecule has 0 aliphatic heterocycles. The number of allylic oxidation sites excluding steroid dienone is 4. The summed E-state index contributed by atoms with van der Waals surface area (Å²) < 4.78 is 0. The SMILES string of the molecule is [CH]1CCC/C=C/C=C\CCCC1. The zero-order valence-electron chi connectivity index (χ0n) is 7.84. The van der Waals surface area contributed by atoms with Crippen LogP contribution in [0, 0.1) is 6.42 Å². The Morgan fingerprint density at radius 1 is 0.583 bits per heavy atom. The van der Waals surface area contributed by atoms with E-state index >= 15 is 0 Å². The maximum atomic E-state index is 2.44. The molecule has 1 aliphatic carbocycles. The second-order valence-corrected chi connectivity index (χ2v) is 3.36. The fourth-order valence-electron chi connectivity index (χ4n) is 1.42. The van der Waals surface area contributed by atoms with Gasteiger partial charge in [-0.25, -0.2) is 0 Å². The van der Waals surface area contributed by atoms with E-state index in [1.807, 2.05) is 0 Å². The molecule has 0 saturated heterocycles. The maximum Gasteiger partial charge on any atom is -0.0348 e. The fraction of sp³-hybridized carbons (Fsp3) is 0.583. The Morgan fingerprint density at radius 3 is 2.00 bits per heavy atom. The molecule has 0 amide bonds. The molecule has 0 nitrogen and oxygen atoms in total. The van der Waals surface area contributed by atoms with Crippen LogP contribution in [-0.4, -0.2) is 0 Å². The molecule has 0 aromatic carbocycles. The summed E-state index contributed by atoms with van der Waals surface area (Å²) in [4.78, 5) is 0. The zero-order valence-corrected chi connectivity index (χ0v) is 7.84. The van der Waals surface area contributed by atoms with Crippen molar-refractivity contribution in [1.29, 1.82) is 0 Å². The molecule has 1 rings (SSSR count). The van der Waals surface area contributed by atoms with E-state index in [0.717, 1.165) is 0 Å². The molecule has 0 aromatic rings. The van der Waals surface area contributed by atoms with Crippen LogP contribution in [0.3, 0.4) is 0 Å². The minimum absolute atomic E-state index is 1.24. The molecule has 0 aromatic heterocycles. The molecule has 0 unspecified atom stereocenters. The number of hydrogen-bond donors (Lipinski definition) is 0. The molecule has 0 atom stereocenters. The van der Waals surface area contributed by atoms with Crippen LogP contribution in [0.15, 0.2) is 24.3 Å². The molecular weight excluding hydrogens is 144 g/mol. The Morgan fingerprint density at radius 2 is 1.17 bits per heavy atom. The van der Waals surface area contributed by atoms with Gasteiger partial charge in [0.1, 0.15) is 0 Å². The van der Waals surface area contributed by atoms with Gasteiger partial charge in [0.25, 0.3) is 0 Å². The van der Waals surface area contributed by atoms with Gasteiger partial charge in [-0.3, -0.25) is 0 Å². The van der Waals surface area contributed by atoms with E-state index < -0.39 is 0 Å². The van der Waals surface area contributed by atoms with Gasteiger partial charge in [-0.15, -0.1) is 0 Å². The summed E-state index contributed by atoms with van der Waals surface area (Å²) in [6.07, 6.45) is 20.5. The second kappa shape index (κ2) is 7.15. The first-order valence-corrected chi connectivity index (χ1v) is 5.13. The average Bonchev–Trinajstić information content (AvgIpc) is 2.05. The molecular formula is C12H19. The summed E-state index contributed by atoms with van der Waals surface area (Å²) in [5.74, 6) is 0. The lowest BCUT2D eigenvalue weighted by Crippen LogP contribution is -1.81. The van der Waals surface area contributed by atoms with Crippen molar-refractivity contribution in [2.45, 2.75) is 44.9 Å². The van der Waals surface area contributed by atoms with Crippen molar-refractivity contribution in [1.82, 2.24) is 0 Å². The van der Waals surface area contributed by atoms with Crippen molar-refractivity contribution >= 4 is 0 Å². The molecule has 12 heavy (non-hydrogen) atoms. The van der Waals surface area contributed by atoms with Crippen LogP contribution in [0.5, 0.6) is 0 Å². The zero-order chi connectivity index (χ0) is 8.49. The van der Waals surface area contributed by atoms with Crippen LogP contribution in [0.1, 0.15) is 44.9 Å². The van der Waals surface area contributed by atoms with E-state index in [1.165, 1.54) is 44.9 Å². The fourth-order valence-corrected chi connectivity index (χ4v) is 1.42. The molecule has 0 saturated carbocycles. The van der Waals surface area contributed by atoms with Crippen LogP contribution in [-0.2, 0) is 0 Å². The van der Waals surface area contributed by atoms with Gasteiger partial charge in [-0.1, -0.05) is 37.1 Å². The van der Waals surface area contributed by atoms with Gasteiger partial charge < -0.3 is 0 Å². The van der Waals surface area contributed by atoms with Crippen molar-refractivity contribution in [2.75, 3.05) is 0 Å². The van der Waals surface area contributed by atoms with E-state index in [2.05, 4.69) is 30.7 Å². The van der Waals surface area contributed by atoms with Gasteiger partial charge in [0.15, 0.2) is 0 Å². The quantitative estimate of drug-likeness (QED) is 0.505. The van der Waals surface area contributed by atoms with Crippen LogP contribution >= 0.6 is 0 Å². The summed E-state index contributed by atoms with van der Waals surface area (Å²) in [5, 5.41) is 0. The molecule has 1 aliphatic rings.